The van der Waals surface area contributed by atoms with Crippen molar-refractivity contribution in [2.45, 2.75) is 24.9 Å². The van der Waals surface area contributed by atoms with Gasteiger partial charge in [-0.15, -0.1) is 0 Å². The van der Waals surface area contributed by atoms with Gasteiger partial charge >= 0.3 is 5.97 Å². The maximum absolute atomic E-state index is 10.7. The average molecular weight is 273 g/mol. The molecule has 0 amide bonds. The zero-order valence-electron chi connectivity index (χ0n) is 11.1. The minimum Gasteiger partial charge on any atom is -0.475 e. The van der Waals surface area contributed by atoms with E-state index in [1.807, 2.05) is 24.3 Å². The summed E-state index contributed by atoms with van der Waals surface area (Å²) in [5.41, 5.74) is 2.61. The summed E-state index contributed by atoms with van der Waals surface area (Å²) < 4.78 is 10.3. The fourth-order valence-electron chi connectivity index (χ4n) is 2.27. The van der Waals surface area contributed by atoms with E-state index >= 15 is 0 Å². The molecular weight excluding hydrogens is 258 g/mol. The molecule has 0 unspecified atom stereocenters. The van der Waals surface area contributed by atoms with Crippen LogP contribution in [0, 0.1) is 0 Å². The Morgan fingerprint density at radius 1 is 1.40 bits per heavy atom. The molecule has 1 saturated carbocycles. The smallest absolute Gasteiger partial charge is 0.374 e. The zero-order chi connectivity index (χ0) is 14.2. The molecule has 104 valence electrons. The SMILES string of the molecule is COC1(Cc2ccc(-c3cc(C(=O)O)on3)cc2)CC1. The number of ether oxygens (including phenoxy) is 1. The first-order chi connectivity index (χ1) is 9.62. The number of nitrogens with zero attached hydrogens (tertiary/aromatic N) is 1. The first kappa shape index (κ1) is 12.9. The number of benzene rings is 1. The molecule has 1 heterocycles. The molecular formula is C15H15NO4. The van der Waals surface area contributed by atoms with Crippen molar-refractivity contribution in [1.29, 1.82) is 0 Å². The number of aromatic carboxylic acids is 1. The van der Waals surface area contributed by atoms with Crippen molar-refractivity contribution >= 4 is 5.97 Å². The van der Waals surface area contributed by atoms with E-state index < -0.39 is 5.97 Å². The standard InChI is InChI=1S/C15H15NO4/c1-19-15(6-7-15)9-10-2-4-11(5-3-10)12-8-13(14(17)18)20-16-12/h2-5,8H,6-7,9H2,1H3,(H,17,18). The van der Waals surface area contributed by atoms with Crippen molar-refractivity contribution in [2.75, 3.05) is 7.11 Å². The number of hydrogen-bond donors (Lipinski definition) is 1. The summed E-state index contributed by atoms with van der Waals surface area (Å²) in [5.74, 6) is -1.27. The van der Waals surface area contributed by atoms with E-state index in [1.54, 1.807) is 7.11 Å². The van der Waals surface area contributed by atoms with Gasteiger partial charge in [0.05, 0.1) is 5.60 Å². The molecule has 1 aromatic carbocycles. The van der Waals surface area contributed by atoms with Gasteiger partial charge < -0.3 is 14.4 Å². The van der Waals surface area contributed by atoms with Crippen molar-refractivity contribution < 1.29 is 19.2 Å². The summed E-state index contributed by atoms with van der Waals surface area (Å²) in [7, 11) is 1.75. The highest BCUT2D eigenvalue weighted by Gasteiger charge is 2.42. The van der Waals surface area contributed by atoms with Crippen LogP contribution in [0.3, 0.4) is 0 Å². The fourth-order valence-corrected chi connectivity index (χ4v) is 2.27. The molecule has 0 aliphatic heterocycles. The maximum atomic E-state index is 10.7. The van der Waals surface area contributed by atoms with Crippen LogP contribution in [0.5, 0.6) is 0 Å². The van der Waals surface area contributed by atoms with Crippen LogP contribution in [0.4, 0.5) is 0 Å². The average Bonchev–Trinajstić information content (AvgIpc) is 3.04. The van der Waals surface area contributed by atoms with Crippen LogP contribution in [-0.2, 0) is 11.2 Å². The van der Waals surface area contributed by atoms with E-state index in [-0.39, 0.29) is 11.4 Å². The molecule has 0 atom stereocenters. The number of carbonyl (C=O) groups is 1. The van der Waals surface area contributed by atoms with Gasteiger partial charge in [-0.25, -0.2) is 4.79 Å². The molecule has 0 bridgehead atoms. The highest BCUT2D eigenvalue weighted by molar-refractivity contribution is 5.85. The third kappa shape index (κ3) is 2.44. The topological polar surface area (TPSA) is 72.6 Å². The Kier molecular flexibility index (Phi) is 3.06. The Balaban J connectivity index is 1.76. The van der Waals surface area contributed by atoms with Gasteiger partial charge in [-0.3, -0.25) is 0 Å². The molecule has 1 aliphatic rings. The Hall–Kier alpha value is -2.14. The summed E-state index contributed by atoms with van der Waals surface area (Å²) in [4.78, 5) is 10.7. The van der Waals surface area contributed by atoms with Crippen LogP contribution < -0.4 is 0 Å². The summed E-state index contributed by atoms with van der Waals surface area (Å²) >= 11 is 0. The molecule has 20 heavy (non-hydrogen) atoms. The van der Waals surface area contributed by atoms with Gasteiger partial charge in [-0.2, -0.15) is 0 Å². The molecule has 1 fully saturated rings. The van der Waals surface area contributed by atoms with E-state index in [2.05, 4.69) is 5.16 Å². The molecule has 0 spiro atoms. The summed E-state index contributed by atoms with van der Waals surface area (Å²) in [6, 6.07) is 9.30. The van der Waals surface area contributed by atoms with Crippen LogP contribution >= 0.6 is 0 Å². The quantitative estimate of drug-likeness (QED) is 0.906. The minimum atomic E-state index is -1.11. The third-order valence-electron chi connectivity index (χ3n) is 3.74. The van der Waals surface area contributed by atoms with Gasteiger partial charge in [0, 0.05) is 25.2 Å². The van der Waals surface area contributed by atoms with Gasteiger partial charge in [0.15, 0.2) is 0 Å². The number of hydrogen-bond acceptors (Lipinski definition) is 4. The van der Waals surface area contributed by atoms with E-state index in [9.17, 15) is 4.79 Å². The summed E-state index contributed by atoms with van der Waals surface area (Å²) in [6.07, 6.45) is 3.12. The lowest BCUT2D eigenvalue weighted by Gasteiger charge is -2.13. The minimum absolute atomic E-state index is 0.0336. The van der Waals surface area contributed by atoms with Crippen molar-refractivity contribution in [1.82, 2.24) is 5.16 Å². The lowest BCUT2D eigenvalue weighted by atomic mass is 10.0. The predicted octanol–water partition coefficient (Wildman–Crippen LogP) is 2.76. The van der Waals surface area contributed by atoms with E-state index in [1.165, 1.54) is 11.6 Å². The number of carboxylic acid groups (broad SMARTS) is 1. The number of aromatic nitrogens is 1. The van der Waals surface area contributed by atoms with Gasteiger partial charge in [-0.05, 0) is 18.4 Å². The van der Waals surface area contributed by atoms with E-state index in [0.717, 1.165) is 24.8 Å². The molecule has 5 heteroatoms. The summed E-state index contributed by atoms with van der Waals surface area (Å²) in [6.45, 7) is 0. The highest BCUT2D eigenvalue weighted by atomic mass is 16.5. The first-order valence-corrected chi connectivity index (χ1v) is 6.46. The maximum Gasteiger partial charge on any atom is 0.374 e. The molecule has 0 saturated heterocycles. The fraction of sp³-hybridized carbons (Fsp3) is 0.333. The van der Waals surface area contributed by atoms with Crippen LogP contribution in [0.1, 0.15) is 29.0 Å². The van der Waals surface area contributed by atoms with Gasteiger partial charge in [-0.1, -0.05) is 29.4 Å². The second-order valence-corrected chi connectivity index (χ2v) is 5.14. The van der Waals surface area contributed by atoms with Crippen LogP contribution in [0.2, 0.25) is 0 Å². The first-order valence-electron chi connectivity index (χ1n) is 6.46. The summed E-state index contributed by atoms with van der Waals surface area (Å²) in [5, 5.41) is 12.6. The van der Waals surface area contributed by atoms with Crippen molar-refractivity contribution in [3.63, 3.8) is 0 Å². The van der Waals surface area contributed by atoms with E-state index in [0.29, 0.717) is 5.69 Å². The number of rotatable bonds is 5. The van der Waals surface area contributed by atoms with E-state index in [4.69, 9.17) is 14.4 Å². The van der Waals surface area contributed by atoms with Crippen LogP contribution in [-0.4, -0.2) is 28.9 Å². The molecule has 0 radical (unpaired) electrons. The number of carboxylic acids is 1. The molecule has 2 aromatic rings. The molecule has 1 N–H and O–H groups in total. The third-order valence-corrected chi connectivity index (χ3v) is 3.74. The second kappa shape index (κ2) is 4.76. The largest absolute Gasteiger partial charge is 0.475 e. The van der Waals surface area contributed by atoms with Crippen LogP contribution in [0.15, 0.2) is 34.9 Å². The number of methoxy groups -OCH3 is 1. The second-order valence-electron chi connectivity index (χ2n) is 5.14. The Bertz CT molecular complexity index is 626. The van der Waals surface area contributed by atoms with Gasteiger partial charge in [0.1, 0.15) is 5.69 Å². The predicted molar refractivity (Wildman–Crippen MR) is 71.6 cm³/mol. The Labute approximate surface area is 116 Å². The zero-order valence-corrected chi connectivity index (χ0v) is 11.1. The highest BCUT2D eigenvalue weighted by Crippen LogP contribution is 2.41. The molecule has 5 nitrogen and oxygen atoms in total. The van der Waals surface area contributed by atoms with Gasteiger partial charge in [0.25, 0.3) is 0 Å². The molecule has 3 rings (SSSR count). The Morgan fingerprint density at radius 2 is 2.10 bits per heavy atom. The van der Waals surface area contributed by atoms with Gasteiger partial charge in [0.2, 0.25) is 5.76 Å². The molecule has 1 aliphatic carbocycles. The van der Waals surface area contributed by atoms with Crippen molar-refractivity contribution in [3.05, 3.63) is 41.7 Å². The van der Waals surface area contributed by atoms with Crippen LogP contribution in [0.25, 0.3) is 11.3 Å². The van der Waals surface area contributed by atoms with Crippen molar-refractivity contribution in [3.8, 4) is 11.3 Å². The lowest BCUT2D eigenvalue weighted by molar-refractivity contribution is 0.0652. The normalized spacial score (nSPS) is 16.1. The lowest BCUT2D eigenvalue weighted by Crippen LogP contribution is -2.14. The molecule has 1 aromatic heterocycles. The monoisotopic (exact) mass is 273 g/mol. The Morgan fingerprint density at radius 3 is 2.60 bits per heavy atom. The van der Waals surface area contributed by atoms with Crippen molar-refractivity contribution in [2.24, 2.45) is 0 Å².